The summed E-state index contributed by atoms with van der Waals surface area (Å²) < 4.78 is 9.69. The molecule has 0 heterocycles. The zero-order valence-electron chi connectivity index (χ0n) is 14.6. The fourth-order valence-corrected chi connectivity index (χ4v) is 2.36. The maximum Gasteiger partial charge on any atom is 0.339 e. The number of ether oxygens (including phenoxy) is 2. The predicted molar refractivity (Wildman–Crippen MR) is 96.8 cm³/mol. The number of amides is 1. The first-order valence-corrected chi connectivity index (χ1v) is 7.82. The second-order valence-electron chi connectivity index (χ2n) is 5.45. The van der Waals surface area contributed by atoms with Crippen molar-refractivity contribution in [3.63, 3.8) is 0 Å². The van der Waals surface area contributed by atoms with E-state index in [4.69, 9.17) is 9.47 Å². The molecule has 2 rings (SSSR count). The number of methoxy groups -OCH3 is 2. The molecule has 1 N–H and O–H groups in total. The lowest BCUT2D eigenvalue weighted by atomic mass is 10.1. The summed E-state index contributed by atoms with van der Waals surface area (Å²) in [6.45, 7) is 0.562. The number of hydrogen-bond acceptors (Lipinski definition) is 5. The second-order valence-corrected chi connectivity index (χ2v) is 5.45. The molecular formula is C19H22N2O4. The van der Waals surface area contributed by atoms with E-state index >= 15 is 0 Å². The lowest BCUT2D eigenvalue weighted by Gasteiger charge is -2.21. The first-order chi connectivity index (χ1) is 12.1. The number of nitrogens with one attached hydrogen (secondary N) is 1. The third kappa shape index (κ3) is 4.81. The van der Waals surface area contributed by atoms with Crippen LogP contribution >= 0.6 is 0 Å². The number of carbonyl (C=O) groups excluding carboxylic acids is 2. The number of anilines is 2. The van der Waals surface area contributed by atoms with Crippen LogP contribution in [0.4, 0.5) is 11.4 Å². The minimum atomic E-state index is -0.498. The number of hydrogen-bond donors (Lipinski definition) is 1. The van der Waals surface area contributed by atoms with Crippen LogP contribution in [-0.2, 0) is 20.8 Å². The molecule has 2 aromatic carbocycles. The Morgan fingerprint density at radius 2 is 1.80 bits per heavy atom. The number of esters is 1. The van der Waals surface area contributed by atoms with Crippen LogP contribution in [0.15, 0.2) is 48.5 Å². The number of benzene rings is 2. The molecule has 0 spiro atoms. The molecular weight excluding hydrogens is 320 g/mol. The van der Waals surface area contributed by atoms with E-state index in [0.717, 1.165) is 11.3 Å². The van der Waals surface area contributed by atoms with Gasteiger partial charge in [-0.05, 0) is 23.8 Å². The Balaban J connectivity index is 2.26. The number of carbonyl (C=O) groups is 2. The summed E-state index contributed by atoms with van der Waals surface area (Å²) in [6, 6.07) is 15.1. The number of rotatable bonds is 7. The molecule has 0 saturated carbocycles. The molecule has 0 radical (unpaired) electrons. The van der Waals surface area contributed by atoms with E-state index in [9.17, 15) is 9.59 Å². The highest BCUT2D eigenvalue weighted by molar-refractivity contribution is 6.03. The van der Waals surface area contributed by atoms with Gasteiger partial charge in [-0.25, -0.2) is 4.79 Å². The van der Waals surface area contributed by atoms with Crippen LogP contribution in [0.25, 0.3) is 0 Å². The fraction of sp³-hybridized carbons (Fsp3) is 0.263. The van der Waals surface area contributed by atoms with Gasteiger partial charge in [0.25, 0.3) is 5.91 Å². The van der Waals surface area contributed by atoms with Gasteiger partial charge in [0.2, 0.25) is 0 Å². The second kappa shape index (κ2) is 8.84. The van der Waals surface area contributed by atoms with Crippen molar-refractivity contribution in [3.05, 3.63) is 59.7 Å². The van der Waals surface area contributed by atoms with E-state index < -0.39 is 5.97 Å². The Bertz CT molecular complexity index is 731. The van der Waals surface area contributed by atoms with Crippen LogP contribution in [0.5, 0.6) is 0 Å². The monoisotopic (exact) mass is 342 g/mol. The molecule has 25 heavy (non-hydrogen) atoms. The van der Waals surface area contributed by atoms with Crippen molar-refractivity contribution in [1.82, 2.24) is 0 Å². The molecule has 0 atom stereocenters. The van der Waals surface area contributed by atoms with Gasteiger partial charge in [-0.1, -0.05) is 30.3 Å². The Labute approximate surface area is 147 Å². The summed E-state index contributed by atoms with van der Waals surface area (Å²) in [5.74, 6) is -0.755. The lowest BCUT2D eigenvalue weighted by molar-refractivity contribution is -0.121. The third-order valence-electron chi connectivity index (χ3n) is 3.75. The maximum atomic E-state index is 12.1. The van der Waals surface area contributed by atoms with Gasteiger partial charge in [-0.2, -0.15) is 0 Å². The van der Waals surface area contributed by atoms with Gasteiger partial charge in [0.15, 0.2) is 0 Å². The zero-order chi connectivity index (χ0) is 18.2. The zero-order valence-corrected chi connectivity index (χ0v) is 14.6. The SMILES string of the molecule is COCC(=O)N(C)c1cc(NCc2ccccc2)ccc1C(=O)OC. The summed E-state index contributed by atoms with van der Waals surface area (Å²) in [5.41, 5.74) is 2.71. The van der Waals surface area contributed by atoms with Gasteiger partial charge >= 0.3 is 5.97 Å². The summed E-state index contributed by atoms with van der Waals surface area (Å²) in [7, 11) is 4.36. The van der Waals surface area contributed by atoms with Gasteiger partial charge in [0.1, 0.15) is 6.61 Å². The highest BCUT2D eigenvalue weighted by Crippen LogP contribution is 2.25. The predicted octanol–water partition coefficient (Wildman–Crippen LogP) is 2.69. The Hall–Kier alpha value is -2.86. The van der Waals surface area contributed by atoms with Crippen LogP contribution < -0.4 is 10.2 Å². The van der Waals surface area contributed by atoms with Gasteiger partial charge in [0.05, 0.1) is 18.4 Å². The van der Waals surface area contributed by atoms with E-state index in [1.165, 1.54) is 19.1 Å². The van der Waals surface area contributed by atoms with Crippen molar-refractivity contribution in [3.8, 4) is 0 Å². The molecule has 0 unspecified atom stereocenters. The van der Waals surface area contributed by atoms with Crippen molar-refractivity contribution in [1.29, 1.82) is 0 Å². The van der Waals surface area contributed by atoms with Gasteiger partial charge < -0.3 is 19.7 Å². The van der Waals surface area contributed by atoms with Gasteiger partial charge in [-0.3, -0.25) is 4.79 Å². The molecule has 0 aliphatic heterocycles. The van der Waals surface area contributed by atoms with Gasteiger partial charge in [-0.15, -0.1) is 0 Å². The smallest absolute Gasteiger partial charge is 0.339 e. The highest BCUT2D eigenvalue weighted by atomic mass is 16.5. The van der Waals surface area contributed by atoms with Crippen molar-refractivity contribution < 1.29 is 19.1 Å². The van der Waals surface area contributed by atoms with Crippen LogP contribution in [0, 0.1) is 0 Å². The van der Waals surface area contributed by atoms with E-state index in [0.29, 0.717) is 17.8 Å². The summed E-state index contributed by atoms with van der Waals surface area (Å²) in [5, 5.41) is 3.29. The van der Waals surface area contributed by atoms with Crippen LogP contribution in [-0.4, -0.2) is 39.8 Å². The minimum Gasteiger partial charge on any atom is -0.465 e. The summed E-state index contributed by atoms with van der Waals surface area (Å²) in [6.07, 6.45) is 0. The van der Waals surface area contributed by atoms with Crippen LogP contribution in [0.2, 0.25) is 0 Å². The minimum absolute atomic E-state index is 0.0707. The van der Waals surface area contributed by atoms with E-state index in [1.807, 2.05) is 30.3 Å². The standard InChI is InChI=1S/C19H22N2O4/c1-21(18(22)13-24-2)17-11-15(9-10-16(17)19(23)25-3)20-12-14-7-5-4-6-8-14/h4-11,20H,12-13H2,1-3H3. The average molecular weight is 342 g/mol. The normalized spacial score (nSPS) is 10.2. The highest BCUT2D eigenvalue weighted by Gasteiger charge is 2.19. The van der Waals surface area contributed by atoms with E-state index in [2.05, 4.69) is 5.32 Å². The van der Waals surface area contributed by atoms with Crippen LogP contribution in [0.1, 0.15) is 15.9 Å². The molecule has 0 aliphatic carbocycles. The molecule has 1 amide bonds. The molecule has 6 heteroatoms. The number of nitrogens with zero attached hydrogens (tertiary/aromatic N) is 1. The Morgan fingerprint density at radius 1 is 1.08 bits per heavy atom. The quantitative estimate of drug-likeness (QED) is 0.784. The topological polar surface area (TPSA) is 67.9 Å². The first kappa shape index (κ1) is 18.5. The van der Waals surface area contributed by atoms with E-state index in [1.54, 1.807) is 25.2 Å². The molecule has 6 nitrogen and oxygen atoms in total. The molecule has 2 aromatic rings. The third-order valence-corrected chi connectivity index (χ3v) is 3.75. The van der Waals surface area contributed by atoms with Gasteiger partial charge in [0, 0.05) is 26.4 Å². The molecule has 0 aromatic heterocycles. The molecule has 0 saturated heterocycles. The first-order valence-electron chi connectivity index (χ1n) is 7.82. The van der Waals surface area contributed by atoms with E-state index in [-0.39, 0.29) is 12.5 Å². The largest absolute Gasteiger partial charge is 0.465 e. The Morgan fingerprint density at radius 3 is 2.44 bits per heavy atom. The number of likely N-dealkylation sites (N-methyl/N-ethyl adjacent to an activating group) is 1. The van der Waals surface area contributed by atoms with Crippen molar-refractivity contribution in [2.45, 2.75) is 6.54 Å². The molecule has 0 aliphatic rings. The van der Waals surface area contributed by atoms with Crippen molar-refractivity contribution >= 4 is 23.3 Å². The molecule has 0 bridgehead atoms. The Kier molecular flexibility index (Phi) is 6.54. The molecule has 132 valence electrons. The van der Waals surface area contributed by atoms with Crippen molar-refractivity contribution in [2.24, 2.45) is 0 Å². The molecule has 0 fully saturated rings. The van der Waals surface area contributed by atoms with Crippen molar-refractivity contribution in [2.75, 3.05) is 38.1 Å². The fourth-order valence-electron chi connectivity index (χ4n) is 2.36. The lowest BCUT2D eigenvalue weighted by Crippen LogP contribution is -2.31. The maximum absolute atomic E-state index is 12.1. The van der Waals surface area contributed by atoms with Crippen LogP contribution in [0.3, 0.4) is 0 Å². The summed E-state index contributed by atoms with van der Waals surface area (Å²) >= 11 is 0. The average Bonchev–Trinajstić information content (AvgIpc) is 2.66. The summed E-state index contributed by atoms with van der Waals surface area (Å²) in [4.78, 5) is 25.5.